The van der Waals surface area contributed by atoms with E-state index in [4.69, 9.17) is 4.74 Å². The zero-order valence-corrected chi connectivity index (χ0v) is 11.1. The fourth-order valence-corrected chi connectivity index (χ4v) is 2.50. The third kappa shape index (κ3) is 4.11. The number of hydrogen-bond donors (Lipinski definition) is 1. The highest BCUT2D eigenvalue weighted by Crippen LogP contribution is 2.22. The van der Waals surface area contributed by atoms with E-state index in [1.807, 2.05) is 20.8 Å². The van der Waals surface area contributed by atoms with E-state index >= 15 is 0 Å². The topological polar surface area (TPSA) is 38.7 Å². The Hall–Kier alpha value is -0.0900. The van der Waals surface area contributed by atoms with Gasteiger partial charge in [0.05, 0.1) is 6.04 Å². The van der Waals surface area contributed by atoms with Crippen LogP contribution in [0.5, 0.6) is 0 Å². The second kappa shape index (κ2) is 5.30. The standard InChI is InChI=1S/C11H23NO2S/c1-9(10-5-7-14-8-6-10)12-15(13)11(2,3)4/h9-10,15H,5-8H2,1-4H3. The summed E-state index contributed by atoms with van der Waals surface area (Å²) < 4.78 is 21.4. The number of thiol groups is 1. The van der Waals surface area contributed by atoms with Crippen LogP contribution in [0.4, 0.5) is 0 Å². The van der Waals surface area contributed by atoms with Crippen molar-refractivity contribution in [1.29, 1.82) is 0 Å². The number of ether oxygens (including phenoxy) is 1. The van der Waals surface area contributed by atoms with Crippen LogP contribution in [0.2, 0.25) is 0 Å². The van der Waals surface area contributed by atoms with Crippen LogP contribution in [0.15, 0.2) is 4.36 Å². The van der Waals surface area contributed by atoms with Gasteiger partial charge in [0.15, 0.2) is 0 Å². The van der Waals surface area contributed by atoms with Crippen LogP contribution < -0.4 is 0 Å². The van der Waals surface area contributed by atoms with Gasteiger partial charge in [-0.3, -0.25) is 4.21 Å². The predicted molar refractivity (Wildman–Crippen MR) is 64.7 cm³/mol. The predicted octanol–water partition coefficient (Wildman–Crippen LogP) is 2.26. The third-order valence-electron chi connectivity index (χ3n) is 2.81. The van der Waals surface area contributed by atoms with Gasteiger partial charge in [0.1, 0.15) is 0 Å². The van der Waals surface area contributed by atoms with Crippen LogP contribution in [0, 0.1) is 5.92 Å². The maximum Gasteiger partial charge on any atom is 0.0593 e. The highest BCUT2D eigenvalue weighted by atomic mass is 32.2. The SMILES string of the molecule is CC(/N=[SH](=O)/C(C)(C)C)C1CCOCC1. The summed E-state index contributed by atoms with van der Waals surface area (Å²) in [5, 5.41) is 0. The number of rotatable bonds is 2. The average Bonchev–Trinajstić information content (AvgIpc) is 2.17. The lowest BCUT2D eigenvalue weighted by molar-refractivity contribution is 0.0607. The van der Waals surface area contributed by atoms with E-state index in [1.165, 1.54) is 0 Å². The fraction of sp³-hybridized carbons (Fsp3) is 1.00. The van der Waals surface area contributed by atoms with E-state index < -0.39 is 10.6 Å². The zero-order chi connectivity index (χ0) is 11.5. The Bertz CT molecular complexity index is 271. The summed E-state index contributed by atoms with van der Waals surface area (Å²) in [6.45, 7) is 9.67. The number of hydrogen-bond acceptors (Lipinski definition) is 3. The molecule has 1 aliphatic rings. The lowest BCUT2D eigenvalue weighted by atomic mass is 9.94. The van der Waals surface area contributed by atoms with E-state index in [0.29, 0.717) is 5.92 Å². The summed E-state index contributed by atoms with van der Waals surface area (Å²) in [4.78, 5) is 0. The number of nitrogens with zero attached hydrogens (tertiary/aromatic N) is 1. The molecule has 2 atom stereocenters. The van der Waals surface area contributed by atoms with Crippen molar-refractivity contribution in [2.45, 2.75) is 51.3 Å². The lowest BCUT2D eigenvalue weighted by Crippen LogP contribution is -2.25. The molecular weight excluding hydrogens is 210 g/mol. The van der Waals surface area contributed by atoms with Crippen molar-refractivity contribution < 1.29 is 8.95 Å². The maximum absolute atomic E-state index is 11.9. The molecule has 0 amide bonds. The van der Waals surface area contributed by atoms with Gasteiger partial charge in [-0.05, 0) is 46.5 Å². The second-order valence-electron chi connectivity index (χ2n) is 5.25. The van der Waals surface area contributed by atoms with Crippen LogP contribution in [-0.2, 0) is 15.3 Å². The maximum atomic E-state index is 11.9. The van der Waals surface area contributed by atoms with Crippen molar-refractivity contribution in [3.63, 3.8) is 0 Å². The molecule has 0 radical (unpaired) electrons. The molecule has 1 heterocycles. The summed E-state index contributed by atoms with van der Waals surface area (Å²) in [6.07, 6.45) is 2.11. The van der Waals surface area contributed by atoms with Crippen molar-refractivity contribution in [1.82, 2.24) is 0 Å². The van der Waals surface area contributed by atoms with Crippen molar-refractivity contribution in [3.8, 4) is 0 Å². The van der Waals surface area contributed by atoms with E-state index in [2.05, 4.69) is 11.3 Å². The molecule has 0 spiro atoms. The van der Waals surface area contributed by atoms with Crippen molar-refractivity contribution in [3.05, 3.63) is 0 Å². The van der Waals surface area contributed by atoms with Gasteiger partial charge in [-0.25, -0.2) is 4.36 Å². The van der Waals surface area contributed by atoms with Crippen LogP contribution in [0.3, 0.4) is 0 Å². The van der Waals surface area contributed by atoms with Crippen molar-refractivity contribution in [2.75, 3.05) is 13.2 Å². The summed E-state index contributed by atoms with van der Waals surface area (Å²) in [6, 6.07) is 0.205. The molecule has 4 heteroatoms. The largest absolute Gasteiger partial charge is 0.381 e. The molecule has 0 aliphatic carbocycles. The Morgan fingerprint density at radius 1 is 1.33 bits per heavy atom. The van der Waals surface area contributed by atoms with Crippen LogP contribution in [-0.4, -0.2) is 28.2 Å². The van der Waals surface area contributed by atoms with Crippen LogP contribution >= 0.6 is 0 Å². The molecule has 3 nitrogen and oxygen atoms in total. The molecule has 0 aromatic heterocycles. The van der Waals surface area contributed by atoms with Gasteiger partial charge in [-0.2, -0.15) is 0 Å². The van der Waals surface area contributed by atoms with Gasteiger partial charge < -0.3 is 4.74 Å². The molecular formula is C11H23NO2S. The quantitative estimate of drug-likeness (QED) is 0.743. The molecule has 0 bridgehead atoms. The summed E-state index contributed by atoms with van der Waals surface area (Å²) in [5.74, 6) is 0.556. The van der Waals surface area contributed by atoms with Gasteiger partial charge in [-0.1, -0.05) is 0 Å². The molecule has 2 unspecified atom stereocenters. The minimum absolute atomic E-state index is 0.200. The van der Waals surface area contributed by atoms with Crippen molar-refractivity contribution in [2.24, 2.45) is 10.3 Å². The lowest BCUT2D eigenvalue weighted by Gasteiger charge is -2.25. The smallest absolute Gasteiger partial charge is 0.0593 e. The highest BCUT2D eigenvalue weighted by Gasteiger charge is 2.21. The monoisotopic (exact) mass is 233 g/mol. The van der Waals surface area contributed by atoms with Crippen LogP contribution in [0.1, 0.15) is 40.5 Å². The van der Waals surface area contributed by atoms with E-state index in [-0.39, 0.29) is 10.8 Å². The zero-order valence-electron chi connectivity index (χ0n) is 10.2. The van der Waals surface area contributed by atoms with Crippen LogP contribution in [0.25, 0.3) is 0 Å². The Morgan fingerprint density at radius 2 is 1.87 bits per heavy atom. The first-order valence-electron chi connectivity index (χ1n) is 5.67. The minimum Gasteiger partial charge on any atom is -0.381 e. The first kappa shape index (κ1) is 13.0. The Morgan fingerprint density at radius 3 is 2.33 bits per heavy atom. The summed E-state index contributed by atoms with van der Waals surface area (Å²) >= 11 is 0. The Labute approximate surface area is 94.8 Å². The van der Waals surface area contributed by atoms with Crippen molar-refractivity contribution >= 4 is 10.6 Å². The molecule has 1 aliphatic heterocycles. The average molecular weight is 233 g/mol. The van der Waals surface area contributed by atoms with Gasteiger partial charge in [0, 0.05) is 28.6 Å². The first-order chi connectivity index (χ1) is 6.91. The fourth-order valence-electron chi connectivity index (χ4n) is 1.63. The highest BCUT2D eigenvalue weighted by molar-refractivity contribution is 7.76. The molecule has 0 N–H and O–H groups in total. The summed E-state index contributed by atoms with van der Waals surface area (Å²) in [5.41, 5.74) is 0. The molecule has 15 heavy (non-hydrogen) atoms. The Kier molecular flexibility index (Phi) is 4.59. The third-order valence-corrected chi connectivity index (χ3v) is 4.53. The second-order valence-corrected chi connectivity index (χ2v) is 7.37. The molecule has 1 fully saturated rings. The van der Waals surface area contributed by atoms with Gasteiger partial charge >= 0.3 is 0 Å². The van der Waals surface area contributed by atoms with Gasteiger partial charge in [-0.15, -0.1) is 0 Å². The van der Waals surface area contributed by atoms with E-state index in [9.17, 15) is 4.21 Å². The molecule has 0 aromatic carbocycles. The molecule has 0 aromatic rings. The minimum atomic E-state index is -1.45. The molecule has 90 valence electrons. The van der Waals surface area contributed by atoms with Gasteiger partial charge in [0.2, 0.25) is 0 Å². The Balaban J connectivity index is 2.60. The molecule has 1 rings (SSSR count). The van der Waals surface area contributed by atoms with E-state index in [0.717, 1.165) is 26.1 Å². The van der Waals surface area contributed by atoms with E-state index in [1.54, 1.807) is 0 Å². The van der Waals surface area contributed by atoms with Gasteiger partial charge in [0.25, 0.3) is 0 Å². The summed E-state index contributed by atoms with van der Waals surface area (Å²) in [7, 11) is -1.45. The normalized spacial score (nSPS) is 24.0. The molecule has 1 saturated heterocycles. The first-order valence-corrected chi connectivity index (χ1v) is 6.88. The molecule has 0 saturated carbocycles.